The predicted octanol–water partition coefficient (Wildman–Crippen LogP) is 2.99. The molecule has 0 aromatic heterocycles. The maximum atomic E-state index is 12.6. The molecule has 0 bridgehead atoms. The summed E-state index contributed by atoms with van der Waals surface area (Å²) in [6.45, 7) is 0.868. The van der Waals surface area contributed by atoms with E-state index in [-0.39, 0.29) is 16.1 Å². The van der Waals surface area contributed by atoms with Gasteiger partial charge in [-0.1, -0.05) is 12.8 Å². The topological polar surface area (TPSA) is 98.5 Å². The molecule has 2 aromatic rings. The van der Waals surface area contributed by atoms with Crippen molar-refractivity contribution in [1.29, 1.82) is 0 Å². The van der Waals surface area contributed by atoms with E-state index in [0.717, 1.165) is 25.7 Å². The van der Waals surface area contributed by atoms with E-state index in [9.17, 15) is 13.2 Å². The molecule has 0 aliphatic heterocycles. The van der Waals surface area contributed by atoms with E-state index in [4.69, 9.17) is 10.5 Å². The highest BCUT2D eigenvalue weighted by Gasteiger charge is 2.30. The smallest absolute Gasteiger partial charge is 0.255 e. The molecule has 6 nitrogen and oxygen atoms in total. The Hall–Kier alpha value is -2.38. The Morgan fingerprint density at radius 3 is 2.26 bits per heavy atom. The number of amides is 1. The second-order valence-electron chi connectivity index (χ2n) is 6.59. The van der Waals surface area contributed by atoms with Crippen LogP contribution in [0.5, 0.6) is 5.75 Å². The molecule has 144 valence electrons. The number of carbonyl (C=O) groups is 1. The molecule has 0 saturated heterocycles. The number of carbonyl (C=O) groups excluding carboxylic acids is 1. The van der Waals surface area contributed by atoms with Gasteiger partial charge in [-0.05, 0) is 61.4 Å². The molecule has 1 fully saturated rings. The van der Waals surface area contributed by atoms with Gasteiger partial charge in [0.05, 0.1) is 10.1 Å². The second kappa shape index (κ2) is 8.54. The first-order valence-corrected chi connectivity index (χ1v) is 10.6. The fourth-order valence-corrected chi connectivity index (χ4v) is 5.06. The van der Waals surface area contributed by atoms with Gasteiger partial charge in [-0.3, -0.25) is 4.79 Å². The number of sulfone groups is 1. The predicted molar refractivity (Wildman–Crippen MR) is 105 cm³/mol. The van der Waals surface area contributed by atoms with Crippen molar-refractivity contribution in [2.75, 3.05) is 18.5 Å². The van der Waals surface area contributed by atoms with Gasteiger partial charge in [0.15, 0.2) is 9.84 Å². The van der Waals surface area contributed by atoms with Gasteiger partial charge in [-0.15, -0.1) is 0 Å². The van der Waals surface area contributed by atoms with Crippen LogP contribution in [0.15, 0.2) is 53.4 Å². The highest BCUT2D eigenvalue weighted by atomic mass is 32.2. The molecular formula is C20H24N2O4S. The SMILES string of the molecule is NCCOc1ccc(NC(=O)c2ccc(S(=O)(=O)C3CCCC3)cc2)cc1. The van der Waals surface area contributed by atoms with Crippen LogP contribution in [0.25, 0.3) is 0 Å². The molecule has 7 heteroatoms. The van der Waals surface area contributed by atoms with E-state index < -0.39 is 9.84 Å². The maximum absolute atomic E-state index is 12.6. The van der Waals surface area contributed by atoms with Crippen LogP contribution in [0.3, 0.4) is 0 Å². The molecule has 0 spiro atoms. The van der Waals surface area contributed by atoms with Crippen molar-refractivity contribution in [1.82, 2.24) is 0 Å². The minimum absolute atomic E-state index is 0.285. The number of rotatable bonds is 7. The van der Waals surface area contributed by atoms with Gasteiger partial charge in [0.2, 0.25) is 0 Å². The zero-order valence-corrected chi connectivity index (χ0v) is 15.9. The molecule has 0 radical (unpaired) electrons. The number of ether oxygens (including phenoxy) is 1. The monoisotopic (exact) mass is 388 g/mol. The highest BCUT2D eigenvalue weighted by molar-refractivity contribution is 7.92. The molecule has 1 aliphatic carbocycles. The third-order valence-corrected chi connectivity index (χ3v) is 6.96. The van der Waals surface area contributed by atoms with Crippen molar-refractivity contribution >= 4 is 21.4 Å². The van der Waals surface area contributed by atoms with Crippen LogP contribution in [0.2, 0.25) is 0 Å². The molecule has 1 amide bonds. The molecule has 27 heavy (non-hydrogen) atoms. The molecule has 3 N–H and O–H groups in total. The zero-order valence-electron chi connectivity index (χ0n) is 15.1. The van der Waals surface area contributed by atoms with Crippen LogP contribution in [0.4, 0.5) is 5.69 Å². The summed E-state index contributed by atoms with van der Waals surface area (Å²) in [6, 6.07) is 13.1. The number of nitrogens with one attached hydrogen (secondary N) is 1. The van der Waals surface area contributed by atoms with Crippen LogP contribution in [-0.4, -0.2) is 32.7 Å². The van der Waals surface area contributed by atoms with Gasteiger partial charge < -0.3 is 15.8 Å². The van der Waals surface area contributed by atoms with Crippen molar-refractivity contribution in [3.63, 3.8) is 0 Å². The summed E-state index contributed by atoms with van der Waals surface area (Å²) in [6.07, 6.45) is 3.35. The Balaban J connectivity index is 1.65. The third kappa shape index (κ3) is 4.67. The summed E-state index contributed by atoms with van der Waals surface area (Å²) in [5, 5.41) is 2.49. The van der Waals surface area contributed by atoms with E-state index in [1.807, 2.05) is 0 Å². The normalized spacial score (nSPS) is 14.9. The van der Waals surface area contributed by atoms with Crippen molar-refractivity contribution in [3.8, 4) is 5.75 Å². The molecule has 1 saturated carbocycles. The first kappa shape index (κ1) is 19.4. The Morgan fingerprint density at radius 2 is 1.67 bits per heavy atom. The Labute approximate surface area is 159 Å². The minimum atomic E-state index is -3.31. The number of hydrogen-bond donors (Lipinski definition) is 2. The number of nitrogens with two attached hydrogens (primary N) is 1. The summed E-state index contributed by atoms with van der Waals surface area (Å²) in [7, 11) is -3.31. The fraction of sp³-hybridized carbons (Fsp3) is 0.350. The molecule has 0 heterocycles. The van der Waals surface area contributed by atoms with Crippen molar-refractivity contribution < 1.29 is 17.9 Å². The average Bonchev–Trinajstić information content (AvgIpc) is 3.23. The summed E-state index contributed by atoms with van der Waals surface area (Å²) in [5.74, 6) is 0.385. The molecule has 3 rings (SSSR count). The number of anilines is 1. The maximum Gasteiger partial charge on any atom is 0.255 e. The van der Waals surface area contributed by atoms with Crippen LogP contribution in [0.1, 0.15) is 36.0 Å². The van der Waals surface area contributed by atoms with Gasteiger partial charge in [0.25, 0.3) is 5.91 Å². The minimum Gasteiger partial charge on any atom is -0.492 e. The lowest BCUT2D eigenvalue weighted by Gasteiger charge is -2.12. The van der Waals surface area contributed by atoms with Gasteiger partial charge in [0, 0.05) is 17.8 Å². The Bertz CT molecular complexity index is 871. The largest absolute Gasteiger partial charge is 0.492 e. The standard InChI is InChI=1S/C20H24N2O4S/c21-13-14-26-17-9-7-16(8-10-17)22-20(23)15-5-11-19(12-6-15)27(24,25)18-3-1-2-4-18/h5-12,18H,1-4,13-14,21H2,(H,22,23). The number of hydrogen-bond acceptors (Lipinski definition) is 5. The van der Waals surface area contributed by atoms with E-state index in [0.29, 0.717) is 30.2 Å². The van der Waals surface area contributed by atoms with Crippen LogP contribution >= 0.6 is 0 Å². The van der Waals surface area contributed by atoms with Crippen molar-refractivity contribution in [3.05, 3.63) is 54.1 Å². The second-order valence-corrected chi connectivity index (χ2v) is 8.82. The molecule has 0 atom stereocenters. The van der Waals surface area contributed by atoms with Gasteiger partial charge in [-0.2, -0.15) is 0 Å². The fourth-order valence-electron chi connectivity index (χ4n) is 3.20. The first-order chi connectivity index (χ1) is 13.0. The summed E-state index contributed by atoms with van der Waals surface area (Å²) in [5.41, 5.74) is 6.42. The quantitative estimate of drug-likeness (QED) is 0.760. The lowest BCUT2D eigenvalue weighted by atomic mass is 10.2. The van der Waals surface area contributed by atoms with Gasteiger partial charge >= 0.3 is 0 Å². The Kier molecular flexibility index (Phi) is 6.13. The van der Waals surface area contributed by atoms with E-state index in [2.05, 4.69) is 5.32 Å². The summed E-state index contributed by atoms with van der Waals surface area (Å²) >= 11 is 0. The first-order valence-electron chi connectivity index (χ1n) is 9.09. The lowest BCUT2D eigenvalue weighted by molar-refractivity contribution is 0.102. The van der Waals surface area contributed by atoms with Crippen LogP contribution in [-0.2, 0) is 9.84 Å². The molecule has 0 unspecified atom stereocenters. The van der Waals surface area contributed by atoms with Crippen LogP contribution in [0, 0.1) is 0 Å². The molecule has 2 aromatic carbocycles. The summed E-state index contributed by atoms with van der Waals surface area (Å²) < 4.78 is 30.6. The summed E-state index contributed by atoms with van der Waals surface area (Å²) in [4.78, 5) is 12.7. The van der Waals surface area contributed by atoms with Crippen LogP contribution < -0.4 is 15.8 Å². The average molecular weight is 388 g/mol. The van der Waals surface area contributed by atoms with Gasteiger partial charge in [-0.25, -0.2) is 8.42 Å². The van der Waals surface area contributed by atoms with E-state index in [1.165, 1.54) is 12.1 Å². The van der Waals surface area contributed by atoms with E-state index >= 15 is 0 Å². The molecule has 1 aliphatic rings. The molecular weight excluding hydrogens is 364 g/mol. The van der Waals surface area contributed by atoms with Crippen molar-refractivity contribution in [2.45, 2.75) is 35.8 Å². The Morgan fingerprint density at radius 1 is 1.04 bits per heavy atom. The lowest BCUT2D eigenvalue weighted by Crippen LogP contribution is -2.18. The number of benzene rings is 2. The van der Waals surface area contributed by atoms with E-state index in [1.54, 1.807) is 36.4 Å². The van der Waals surface area contributed by atoms with Gasteiger partial charge in [0.1, 0.15) is 12.4 Å². The highest BCUT2D eigenvalue weighted by Crippen LogP contribution is 2.29. The third-order valence-electron chi connectivity index (χ3n) is 4.68. The zero-order chi connectivity index (χ0) is 19.3. The van der Waals surface area contributed by atoms with Crippen molar-refractivity contribution in [2.24, 2.45) is 5.73 Å².